The Kier molecular flexibility index (Phi) is 4.56. The van der Waals surface area contributed by atoms with E-state index in [9.17, 15) is 0 Å². The summed E-state index contributed by atoms with van der Waals surface area (Å²) >= 11 is 12.2. The van der Waals surface area contributed by atoms with Gasteiger partial charge in [0.05, 0.1) is 21.9 Å². The Labute approximate surface area is 160 Å². The quantitative estimate of drug-likeness (QED) is 0.466. The van der Waals surface area contributed by atoms with Crippen molar-refractivity contribution in [2.45, 2.75) is 0 Å². The number of anilines is 4. The number of para-hydroxylation sites is 1. The number of hydrogen-bond acceptors (Lipinski definition) is 5. The third-order valence-corrected chi connectivity index (χ3v) is 4.29. The lowest BCUT2D eigenvalue weighted by atomic mass is 10.2. The fraction of sp³-hybridized carbons (Fsp3) is 0. The van der Waals surface area contributed by atoms with E-state index < -0.39 is 0 Å². The van der Waals surface area contributed by atoms with Crippen LogP contribution in [-0.4, -0.2) is 15.0 Å². The third kappa shape index (κ3) is 3.54. The van der Waals surface area contributed by atoms with Crippen LogP contribution < -0.4 is 10.6 Å². The highest BCUT2D eigenvalue weighted by molar-refractivity contribution is 6.35. The van der Waals surface area contributed by atoms with E-state index in [4.69, 9.17) is 23.2 Å². The van der Waals surface area contributed by atoms with E-state index in [0.717, 1.165) is 16.6 Å². The Morgan fingerprint density at radius 2 is 1.65 bits per heavy atom. The molecule has 2 aromatic carbocycles. The van der Waals surface area contributed by atoms with Gasteiger partial charge in [-0.1, -0.05) is 41.4 Å². The number of hydrogen-bond donors (Lipinski definition) is 2. The molecule has 0 amide bonds. The maximum atomic E-state index is 6.19. The number of benzene rings is 2. The Bertz CT molecular complexity index is 1080. The Hall–Kier alpha value is -2.89. The lowest BCUT2D eigenvalue weighted by Crippen LogP contribution is -2.01. The first-order valence-electron chi connectivity index (χ1n) is 7.85. The van der Waals surface area contributed by atoms with Crippen LogP contribution in [0.3, 0.4) is 0 Å². The third-order valence-electron chi connectivity index (χ3n) is 3.73. The highest BCUT2D eigenvalue weighted by Crippen LogP contribution is 2.28. The Morgan fingerprint density at radius 3 is 2.58 bits per heavy atom. The zero-order valence-corrected chi connectivity index (χ0v) is 15.0. The summed E-state index contributed by atoms with van der Waals surface area (Å²) < 4.78 is 0. The molecule has 0 aliphatic carbocycles. The summed E-state index contributed by atoms with van der Waals surface area (Å²) in [6.07, 6.45) is 3.42. The fourth-order valence-electron chi connectivity index (χ4n) is 2.55. The van der Waals surface area contributed by atoms with Crippen LogP contribution in [0.2, 0.25) is 10.0 Å². The Balaban J connectivity index is 1.62. The van der Waals surface area contributed by atoms with Gasteiger partial charge in [-0.15, -0.1) is 0 Å². The normalized spacial score (nSPS) is 10.7. The van der Waals surface area contributed by atoms with Crippen LogP contribution in [0.4, 0.5) is 23.1 Å². The minimum Gasteiger partial charge on any atom is -0.339 e. The van der Waals surface area contributed by atoms with Gasteiger partial charge < -0.3 is 10.6 Å². The molecule has 4 aromatic rings. The summed E-state index contributed by atoms with van der Waals surface area (Å²) in [6, 6.07) is 16.8. The SMILES string of the molecule is Clc1ccc(Cl)c(Nc2ccnc(Nc3cccc4cccnc34)n2)c1. The average molecular weight is 382 g/mol. The summed E-state index contributed by atoms with van der Waals surface area (Å²) in [5, 5.41) is 8.55. The molecule has 128 valence electrons. The second-order valence-corrected chi connectivity index (χ2v) is 6.36. The molecule has 0 atom stereocenters. The fourth-order valence-corrected chi connectivity index (χ4v) is 2.88. The first-order chi connectivity index (χ1) is 12.7. The van der Waals surface area contributed by atoms with Crippen molar-refractivity contribution in [3.05, 3.63) is 77.0 Å². The van der Waals surface area contributed by atoms with Crippen molar-refractivity contribution in [3.8, 4) is 0 Å². The van der Waals surface area contributed by atoms with E-state index >= 15 is 0 Å². The number of fused-ring (bicyclic) bond motifs is 1. The van der Waals surface area contributed by atoms with Crippen LogP contribution >= 0.6 is 23.2 Å². The molecular formula is C19H13Cl2N5. The van der Waals surface area contributed by atoms with Crippen molar-refractivity contribution >= 4 is 57.2 Å². The van der Waals surface area contributed by atoms with Crippen LogP contribution in [0.15, 0.2) is 67.0 Å². The van der Waals surface area contributed by atoms with Gasteiger partial charge in [0.15, 0.2) is 0 Å². The van der Waals surface area contributed by atoms with Crippen molar-refractivity contribution in [1.82, 2.24) is 15.0 Å². The minimum absolute atomic E-state index is 0.450. The maximum absolute atomic E-state index is 6.19. The van der Waals surface area contributed by atoms with Gasteiger partial charge in [0.25, 0.3) is 0 Å². The maximum Gasteiger partial charge on any atom is 0.229 e. The largest absolute Gasteiger partial charge is 0.339 e. The predicted octanol–water partition coefficient (Wildman–Crippen LogP) is 5.82. The molecule has 0 aliphatic rings. The predicted molar refractivity (Wildman–Crippen MR) is 107 cm³/mol. The van der Waals surface area contributed by atoms with E-state index in [1.807, 2.05) is 30.3 Å². The van der Waals surface area contributed by atoms with Crippen molar-refractivity contribution in [2.75, 3.05) is 10.6 Å². The monoisotopic (exact) mass is 381 g/mol. The first kappa shape index (κ1) is 16.6. The molecule has 0 bridgehead atoms. The van der Waals surface area contributed by atoms with Crippen LogP contribution in [0.25, 0.3) is 10.9 Å². The van der Waals surface area contributed by atoms with Crippen molar-refractivity contribution in [3.63, 3.8) is 0 Å². The van der Waals surface area contributed by atoms with Gasteiger partial charge in [-0.05, 0) is 36.4 Å². The topological polar surface area (TPSA) is 62.7 Å². The molecule has 4 rings (SSSR count). The number of nitrogens with zero attached hydrogens (tertiary/aromatic N) is 3. The lowest BCUT2D eigenvalue weighted by Gasteiger charge is -2.11. The number of pyridine rings is 1. The van der Waals surface area contributed by atoms with Gasteiger partial charge in [0.2, 0.25) is 5.95 Å². The van der Waals surface area contributed by atoms with Crippen molar-refractivity contribution < 1.29 is 0 Å². The van der Waals surface area contributed by atoms with E-state index in [1.54, 1.807) is 36.7 Å². The second-order valence-electron chi connectivity index (χ2n) is 5.52. The van der Waals surface area contributed by atoms with E-state index in [0.29, 0.717) is 27.5 Å². The van der Waals surface area contributed by atoms with Gasteiger partial charge >= 0.3 is 0 Å². The van der Waals surface area contributed by atoms with Crippen LogP contribution in [0, 0.1) is 0 Å². The number of rotatable bonds is 4. The Morgan fingerprint density at radius 1 is 0.769 bits per heavy atom. The van der Waals surface area contributed by atoms with Gasteiger partial charge in [-0.25, -0.2) is 4.98 Å². The molecule has 2 N–H and O–H groups in total. The molecule has 2 heterocycles. The molecule has 0 aliphatic heterocycles. The number of aromatic nitrogens is 3. The molecule has 0 radical (unpaired) electrons. The number of halogens is 2. The molecule has 26 heavy (non-hydrogen) atoms. The van der Waals surface area contributed by atoms with Crippen molar-refractivity contribution in [2.24, 2.45) is 0 Å². The van der Waals surface area contributed by atoms with E-state index in [1.165, 1.54) is 0 Å². The van der Waals surface area contributed by atoms with Gasteiger partial charge in [-0.2, -0.15) is 4.98 Å². The molecule has 0 unspecified atom stereocenters. The molecular weight excluding hydrogens is 369 g/mol. The van der Waals surface area contributed by atoms with Gasteiger partial charge in [0, 0.05) is 22.8 Å². The zero-order chi connectivity index (χ0) is 17.9. The van der Waals surface area contributed by atoms with Crippen LogP contribution in [-0.2, 0) is 0 Å². The summed E-state index contributed by atoms with van der Waals surface area (Å²) in [5.41, 5.74) is 2.37. The molecule has 5 nitrogen and oxygen atoms in total. The van der Waals surface area contributed by atoms with Crippen LogP contribution in [0.5, 0.6) is 0 Å². The highest BCUT2D eigenvalue weighted by Gasteiger charge is 2.07. The second kappa shape index (κ2) is 7.15. The summed E-state index contributed by atoms with van der Waals surface area (Å²) in [5.74, 6) is 1.05. The lowest BCUT2D eigenvalue weighted by molar-refractivity contribution is 1.17. The molecule has 0 saturated carbocycles. The molecule has 2 aromatic heterocycles. The van der Waals surface area contributed by atoms with E-state index in [-0.39, 0.29) is 0 Å². The van der Waals surface area contributed by atoms with Gasteiger partial charge in [-0.3, -0.25) is 4.98 Å². The molecule has 7 heteroatoms. The average Bonchev–Trinajstić information content (AvgIpc) is 2.65. The van der Waals surface area contributed by atoms with Crippen LogP contribution in [0.1, 0.15) is 0 Å². The van der Waals surface area contributed by atoms with E-state index in [2.05, 4.69) is 25.6 Å². The summed E-state index contributed by atoms with van der Waals surface area (Å²) in [4.78, 5) is 13.2. The summed E-state index contributed by atoms with van der Waals surface area (Å²) in [6.45, 7) is 0. The molecule has 0 saturated heterocycles. The smallest absolute Gasteiger partial charge is 0.229 e. The number of nitrogens with one attached hydrogen (secondary N) is 2. The molecule has 0 fully saturated rings. The first-order valence-corrected chi connectivity index (χ1v) is 8.60. The molecule has 0 spiro atoms. The zero-order valence-electron chi connectivity index (χ0n) is 13.4. The van der Waals surface area contributed by atoms with Gasteiger partial charge in [0.1, 0.15) is 5.82 Å². The summed E-state index contributed by atoms with van der Waals surface area (Å²) in [7, 11) is 0. The standard InChI is InChI=1S/C19H13Cl2N5/c20-13-6-7-14(21)16(11-13)24-17-8-10-23-19(26-17)25-15-5-1-3-12-4-2-9-22-18(12)15/h1-11H,(H2,23,24,25,26). The van der Waals surface area contributed by atoms with Crippen molar-refractivity contribution in [1.29, 1.82) is 0 Å². The minimum atomic E-state index is 0.450. The highest BCUT2D eigenvalue weighted by atomic mass is 35.5.